The van der Waals surface area contributed by atoms with Gasteiger partial charge in [0.1, 0.15) is 31.1 Å². The van der Waals surface area contributed by atoms with Gasteiger partial charge in [-0.05, 0) is 55.0 Å². The largest absolute Gasteiger partial charge is 0.486 e. The first-order valence-electron chi connectivity index (χ1n) is 10.8. The van der Waals surface area contributed by atoms with Gasteiger partial charge in [-0.15, -0.1) is 0 Å². The minimum atomic E-state index is -0.551. The highest BCUT2D eigenvalue weighted by atomic mass is 35.5. The third kappa shape index (κ3) is 5.07. The lowest BCUT2D eigenvalue weighted by atomic mass is 10.1. The smallest absolute Gasteiger partial charge is 0.213 e. The quantitative estimate of drug-likeness (QED) is 0.354. The summed E-state index contributed by atoms with van der Waals surface area (Å²) in [5.41, 5.74) is 3.09. The van der Waals surface area contributed by atoms with Crippen molar-refractivity contribution in [1.29, 1.82) is 0 Å². The Labute approximate surface area is 200 Å². The van der Waals surface area contributed by atoms with Crippen molar-refractivity contribution < 1.29 is 13.9 Å². The average molecular weight is 478 g/mol. The Kier molecular flexibility index (Phi) is 6.22. The number of ether oxygens (including phenoxy) is 2. The second-order valence-corrected chi connectivity index (χ2v) is 8.35. The zero-order chi connectivity index (χ0) is 23.5. The van der Waals surface area contributed by atoms with Crippen molar-refractivity contribution in [3.63, 3.8) is 0 Å². The van der Waals surface area contributed by atoms with Crippen LogP contribution in [0.5, 0.6) is 5.75 Å². The van der Waals surface area contributed by atoms with Gasteiger partial charge in [0.15, 0.2) is 5.90 Å². The number of hydrogen-bond donors (Lipinski definition) is 1. The van der Waals surface area contributed by atoms with E-state index in [2.05, 4.69) is 25.3 Å². The van der Waals surface area contributed by atoms with Crippen molar-refractivity contribution in [3.8, 4) is 5.75 Å². The number of aromatic nitrogens is 3. The summed E-state index contributed by atoms with van der Waals surface area (Å²) < 4.78 is 24.6. The molecule has 2 aromatic heterocycles. The predicted octanol–water partition coefficient (Wildman–Crippen LogP) is 5.50. The second kappa shape index (κ2) is 9.61. The van der Waals surface area contributed by atoms with Crippen molar-refractivity contribution in [1.82, 2.24) is 15.0 Å². The predicted molar refractivity (Wildman–Crippen MR) is 129 cm³/mol. The number of aliphatic imine (C=N–C) groups is 1. The zero-order valence-corrected chi connectivity index (χ0v) is 19.1. The van der Waals surface area contributed by atoms with Crippen LogP contribution in [0.4, 0.5) is 15.9 Å². The molecule has 0 amide bonds. The Bertz CT molecular complexity index is 1380. The van der Waals surface area contributed by atoms with Gasteiger partial charge in [-0.1, -0.05) is 23.7 Å². The van der Waals surface area contributed by atoms with Gasteiger partial charge in [-0.25, -0.2) is 19.9 Å². The van der Waals surface area contributed by atoms with Crippen LogP contribution in [-0.4, -0.2) is 33.5 Å². The van der Waals surface area contributed by atoms with Crippen LogP contribution in [0, 0.1) is 5.95 Å². The molecule has 4 aromatic rings. The number of anilines is 2. The van der Waals surface area contributed by atoms with E-state index >= 15 is 0 Å². The van der Waals surface area contributed by atoms with Gasteiger partial charge < -0.3 is 14.8 Å². The lowest BCUT2D eigenvalue weighted by Gasteiger charge is -2.12. The van der Waals surface area contributed by atoms with E-state index in [1.54, 1.807) is 24.3 Å². The SMILES string of the molecule is C[C@H]1COC(Cc2ccc3ncnc(Nc4ccc(OCc5cccc(F)n5)c(Cl)c4)c3c2)=N1. The molecule has 1 aliphatic rings. The molecule has 0 bridgehead atoms. The fourth-order valence-corrected chi connectivity index (χ4v) is 3.87. The Hall–Kier alpha value is -3.78. The van der Waals surface area contributed by atoms with Gasteiger partial charge in [-0.2, -0.15) is 4.39 Å². The molecule has 0 fully saturated rings. The number of hydrogen-bond acceptors (Lipinski definition) is 7. The summed E-state index contributed by atoms with van der Waals surface area (Å²) in [6, 6.07) is 16.1. The number of nitrogens with one attached hydrogen (secondary N) is 1. The van der Waals surface area contributed by atoms with Crippen molar-refractivity contribution in [2.75, 3.05) is 11.9 Å². The standard InChI is InChI=1S/C25H21ClFN5O2/c1-15-12-34-24(30-15)10-16-5-7-21-19(9-16)25(29-14-28-21)32-17-6-8-22(20(26)11-17)33-13-18-3-2-4-23(27)31-18/h2-9,11,14-15H,10,12-13H2,1H3,(H,28,29,32)/t15-/m0/s1. The molecule has 1 aliphatic heterocycles. The van der Waals surface area contributed by atoms with Gasteiger partial charge in [-0.3, -0.25) is 0 Å². The van der Waals surface area contributed by atoms with E-state index in [4.69, 9.17) is 21.1 Å². The molecule has 9 heteroatoms. The minimum absolute atomic E-state index is 0.108. The first kappa shape index (κ1) is 22.0. The van der Waals surface area contributed by atoms with E-state index in [0.717, 1.165) is 28.1 Å². The summed E-state index contributed by atoms with van der Waals surface area (Å²) in [7, 11) is 0. The van der Waals surface area contributed by atoms with Crippen LogP contribution >= 0.6 is 11.6 Å². The van der Waals surface area contributed by atoms with Crippen molar-refractivity contribution in [2.24, 2.45) is 4.99 Å². The molecule has 5 rings (SSSR count). The molecule has 2 aromatic carbocycles. The highest BCUT2D eigenvalue weighted by molar-refractivity contribution is 6.32. The van der Waals surface area contributed by atoms with Crippen LogP contribution < -0.4 is 10.1 Å². The monoisotopic (exact) mass is 477 g/mol. The summed E-state index contributed by atoms with van der Waals surface area (Å²) in [5.74, 6) is 1.32. The first-order valence-corrected chi connectivity index (χ1v) is 11.2. The Morgan fingerprint density at radius 3 is 2.85 bits per heavy atom. The molecular formula is C25H21ClFN5O2. The van der Waals surface area contributed by atoms with E-state index in [1.807, 2.05) is 31.2 Å². The molecule has 0 aliphatic carbocycles. The van der Waals surface area contributed by atoms with Crippen LogP contribution in [0.3, 0.4) is 0 Å². The van der Waals surface area contributed by atoms with E-state index in [0.29, 0.717) is 35.3 Å². The lowest BCUT2D eigenvalue weighted by Crippen LogP contribution is -2.04. The van der Waals surface area contributed by atoms with Crippen molar-refractivity contribution >= 4 is 39.9 Å². The van der Waals surface area contributed by atoms with Gasteiger partial charge in [0.05, 0.1) is 22.3 Å². The first-order chi connectivity index (χ1) is 16.5. The van der Waals surface area contributed by atoms with Gasteiger partial charge in [0, 0.05) is 17.5 Å². The number of fused-ring (bicyclic) bond motifs is 1. The maximum absolute atomic E-state index is 13.3. The van der Waals surface area contributed by atoms with Gasteiger partial charge in [0.2, 0.25) is 5.95 Å². The van der Waals surface area contributed by atoms with E-state index in [1.165, 1.54) is 12.4 Å². The highest BCUT2D eigenvalue weighted by Gasteiger charge is 2.15. The van der Waals surface area contributed by atoms with Gasteiger partial charge >= 0.3 is 0 Å². The van der Waals surface area contributed by atoms with Crippen LogP contribution in [0.2, 0.25) is 5.02 Å². The van der Waals surface area contributed by atoms with Crippen LogP contribution in [-0.2, 0) is 17.8 Å². The summed E-state index contributed by atoms with van der Waals surface area (Å²) in [6.45, 7) is 2.76. The average Bonchev–Trinajstić information content (AvgIpc) is 3.23. The molecule has 0 unspecified atom stereocenters. The maximum Gasteiger partial charge on any atom is 0.213 e. The number of rotatable bonds is 7. The molecule has 1 atom stereocenters. The fourth-order valence-electron chi connectivity index (χ4n) is 3.64. The highest BCUT2D eigenvalue weighted by Crippen LogP contribution is 2.31. The number of benzene rings is 2. The lowest BCUT2D eigenvalue weighted by molar-refractivity contribution is 0.299. The summed E-state index contributed by atoms with van der Waals surface area (Å²) in [6.07, 6.45) is 2.13. The van der Waals surface area contributed by atoms with Crippen LogP contribution in [0.15, 0.2) is 65.9 Å². The van der Waals surface area contributed by atoms with Crippen LogP contribution in [0.25, 0.3) is 10.9 Å². The minimum Gasteiger partial charge on any atom is -0.486 e. The van der Waals surface area contributed by atoms with Crippen LogP contribution in [0.1, 0.15) is 18.2 Å². The van der Waals surface area contributed by atoms with E-state index in [9.17, 15) is 4.39 Å². The molecule has 34 heavy (non-hydrogen) atoms. The third-order valence-electron chi connectivity index (χ3n) is 5.25. The molecule has 0 saturated carbocycles. The third-order valence-corrected chi connectivity index (χ3v) is 5.55. The zero-order valence-electron chi connectivity index (χ0n) is 18.3. The maximum atomic E-state index is 13.3. The number of nitrogens with zero attached hydrogens (tertiary/aromatic N) is 4. The normalized spacial score (nSPS) is 15.1. The van der Waals surface area contributed by atoms with Crippen molar-refractivity contribution in [3.05, 3.63) is 83.2 Å². The molecule has 0 radical (unpaired) electrons. The van der Waals surface area contributed by atoms with Crippen molar-refractivity contribution in [2.45, 2.75) is 26.0 Å². The summed E-state index contributed by atoms with van der Waals surface area (Å²) >= 11 is 6.42. The van der Waals surface area contributed by atoms with E-state index < -0.39 is 5.95 Å². The molecule has 3 heterocycles. The molecule has 0 saturated heterocycles. The summed E-state index contributed by atoms with van der Waals surface area (Å²) in [4.78, 5) is 17.1. The number of pyridine rings is 1. The van der Waals surface area contributed by atoms with E-state index in [-0.39, 0.29) is 12.6 Å². The molecular weight excluding hydrogens is 457 g/mol. The number of halogens is 2. The molecule has 0 spiro atoms. The topological polar surface area (TPSA) is 81.5 Å². The Morgan fingerprint density at radius 2 is 2.06 bits per heavy atom. The van der Waals surface area contributed by atoms with Gasteiger partial charge in [0.25, 0.3) is 0 Å². The Balaban J connectivity index is 1.33. The molecule has 172 valence electrons. The fraction of sp³-hybridized carbons (Fsp3) is 0.200. The molecule has 7 nitrogen and oxygen atoms in total. The Morgan fingerprint density at radius 1 is 1.15 bits per heavy atom. The second-order valence-electron chi connectivity index (χ2n) is 7.94. The molecule has 1 N–H and O–H groups in total. The summed E-state index contributed by atoms with van der Waals surface area (Å²) in [5, 5.41) is 4.59.